The Morgan fingerprint density at radius 1 is 1.39 bits per heavy atom. The van der Waals surface area contributed by atoms with E-state index < -0.39 is 0 Å². The van der Waals surface area contributed by atoms with E-state index >= 15 is 0 Å². The Balaban J connectivity index is 2.11. The lowest BCUT2D eigenvalue weighted by atomic mass is 9.99. The van der Waals surface area contributed by atoms with Crippen LogP contribution in [0.2, 0.25) is 0 Å². The standard InChI is InChI=1S/C17H29N5O/c1-5-14-8-6-7-10-22(14)17(23)15-12-16(20-13(2)19-15)18-9-11-21(3)4/h12,14H,5-11H2,1-4H3,(H,18,19,20). The molecule has 128 valence electrons. The summed E-state index contributed by atoms with van der Waals surface area (Å²) in [7, 11) is 4.06. The van der Waals surface area contributed by atoms with E-state index in [1.807, 2.05) is 25.9 Å². The molecule has 0 aliphatic carbocycles. The van der Waals surface area contributed by atoms with Gasteiger partial charge in [0.05, 0.1) is 0 Å². The molecule has 2 heterocycles. The molecule has 1 aromatic heterocycles. The highest BCUT2D eigenvalue weighted by Gasteiger charge is 2.27. The monoisotopic (exact) mass is 319 g/mol. The first-order valence-electron chi connectivity index (χ1n) is 8.56. The lowest BCUT2D eigenvalue weighted by Crippen LogP contribution is -2.43. The minimum Gasteiger partial charge on any atom is -0.369 e. The van der Waals surface area contributed by atoms with E-state index in [4.69, 9.17) is 0 Å². The van der Waals surface area contributed by atoms with Crippen LogP contribution in [0.25, 0.3) is 0 Å². The quantitative estimate of drug-likeness (QED) is 0.870. The van der Waals surface area contributed by atoms with E-state index in [1.165, 1.54) is 6.42 Å². The van der Waals surface area contributed by atoms with Crippen LogP contribution in [0.5, 0.6) is 0 Å². The van der Waals surface area contributed by atoms with Crippen molar-refractivity contribution in [2.45, 2.75) is 45.6 Å². The Hall–Kier alpha value is -1.69. The number of carbonyl (C=O) groups is 1. The van der Waals surface area contributed by atoms with Crippen molar-refractivity contribution in [3.05, 3.63) is 17.6 Å². The van der Waals surface area contributed by atoms with Crippen LogP contribution in [-0.4, -0.2) is 65.4 Å². The van der Waals surface area contributed by atoms with Crippen molar-refractivity contribution in [3.63, 3.8) is 0 Å². The van der Waals surface area contributed by atoms with Crippen molar-refractivity contribution in [2.24, 2.45) is 0 Å². The fourth-order valence-electron chi connectivity index (χ4n) is 3.01. The van der Waals surface area contributed by atoms with Gasteiger partial charge in [0.25, 0.3) is 5.91 Å². The molecule has 1 amide bonds. The molecular weight excluding hydrogens is 290 g/mol. The summed E-state index contributed by atoms with van der Waals surface area (Å²) in [4.78, 5) is 25.7. The summed E-state index contributed by atoms with van der Waals surface area (Å²) in [5.41, 5.74) is 0.505. The number of nitrogens with one attached hydrogen (secondary N) is 1. The average molecular weight is 319 g/mol. The molecule has 2 rings (SSSR count). The van der Waals surface area contributed by atoms with Gasteiger partial charge in [0.2, 0.25) is 0 Å². The zero-order valence-corrected chi connectivity index (χ0v) is 14.8. The van der Waals surface area contributed by atoms with E-state index in [1.54, 1.807) is 6.07 Å². The number of likely N-dealkylation sites (N-methyl/N-ethyl adjacent to an activating group) is 1. The summed E-state index contributed by atoms with van der Waals surface area (Å²) in [6.07, 6.45) is 4.40. The number of piperidine rings is 1. The second-order valence-corrected chi connectivity index (χ2v) is 6.47. The number of aryl methyl sites for hydroxylation is 1. The third-order valence-corrected chi connectivity index (χ3v) is 4.28. The van der Waals surface area contributed by atoms with Crippen LogP contribution in [0.1, 0.15) is 48.9 Å². The second-order valence-electron chi connectivity index (χ2n) is 6.47. The van der Waals surface area contributed by atoms with Crippen LogP contribution in [0.15, 0.2) is 6.07 Å². The second kappa shape index (κ2) is 8.24. The third-order valence-electron chi connectivity index (χ3n) is 4.28. The van der Waals surface area contributed by atoms with Gasteiger partial charge in [-0.05, 0) is 46.7 Å². The van der Waals surface area contributed by atoms with E-state index in [0.29, 0.717) is 17.6 Å². The normalized spacial score (nSPS) is 18.3. The third kappa shape index (κ3) is 4.89. The van der Waals surface area contributed by atoms with Crippen LogP contribution in [0.4, 0.5) is 5.82 Å². The highest BCUT2D eigenvalue weighted by Crippen LogP contribution is 2.22. The molecule has 1 atom stereocenters. The number of nitrogens with zero attached hydrogens (tertiary/aromatic N) is 4. The Morgan fingerprint density at radius 2 is 2.17 bits per heavy atom. The Bertz CT molecular complexity index is 532. The van der Waals surface area contributed by atoms with Crippen molar-refractivity contribution in [3.8, 4) is 0 Å². The maximum atomic E-state index is 12.9. The van der Waals surface area contributed by atoms with Crippen LogP contribution >= 0.6 is 0 Å². The molecule has 1 N–H and O–H groups in total. The first kappa shape index (κ1) is 17.7. The summed E-state index contributed by atoms with van der Waals surface area (Å²) in [5, 5.41) is 3.28. The Labute approximate surface area is 139 Å². The summed E-state index contributed by atoms with van der Waals surface area (Å²) in [5.74, 6) is 1.40. The number of aromatic nitrogens is 2. The van der Waals surface area contributed by atoms with Crippen molar-refractivity contribution in [1.82, 2.24) is 19.8 Å². The molecule has 1 fully saturated rings. The number of hydrogen-bond donors (Lipinski definition) is 1. The summed E-state index contributed by atoms with van der Waals surface area (Å²) in [6, 6.07) is 2.13. The van der Waals surface area contributed by atoms with Crippen molar-refractivity contribution in [2.75, 3.05) is 39.0 Å². The predicted octanol–water partition coefficient (Wildman–Crippen LogP) is 2.16. The molecule has 0 aromatic carbocycles. The summed E-state index contributed by atoms with van der Waals surface area (Å²) < 4.78 is 0. The maximum absolute atomic E-state index is 12.9. The van der Waals surface area contributed by atoms with Crippen molar-refractivity contribution >= 4 is 11.7 Å². The highest BCUT2D eigenvalue weighted by atomic mass is 16.2. The van der Waals surface area contributed by atoms with E-state index in [2.05, 4.69) is 27.1 Å². The molecule has 0 bridgehead atoms. The van der Waals surface area contributed by atoms with Crippen molar-refractivity contribution < 1.29 is 4.79 Å². The van der Waals surface area contributed by atoms with Gasteiger partial charge in [0.1, 0.15) is 17.3 Å². The van der Waals surface area contributed by atoms with E-state index in [-0.39, 0.29) is 5.91 Å². The summed E-state index contributed by atoms with van der Waals surface area (Å²) in [6.45, 7) is 6.52. The number of hydrogen-bond acceptors (Lipinski definition) is 5. The number of likely N-dealkylation sites (tertiary alicyclic amines) is 1. The number of carbonyl (C=O) groups excluding carboxylic acids is 1. The topological polar surface area (TPSA) is 61.4 Å². The fraction of sp³-hybridized carbons (Fsp3) is 0.706. The molecule has 1 saturated heterocycles. The van der Waals surface area contributed by atoms with Gasteiger partial charge in [-0.1, -0.05) is 6.92 Å². The molecule has 0 spiro atoms. The van der Waals surface area contributed by atoms with Gasteiger partial charge in [0, 0.05) is 31.7 Å². The minimum absolute atomic E-state index is 0.0395. The van der Waals surface area contributed by atoms with Crippen LogP contribution < -0.4 is 5.32 Å². The van der Waals surface area contributed by atoms with Gasteiger partial charge in [-0.2, -0.15) is 0 Å². The smallest absolute Gasteiger partial charge is 0.272 e. The summed E-state index contributed by atoms with van der Waals surface area (Å²) >= 11 is 0. The van der Waals surface area contributed by atoms with Gasteiger partial charge in [0.15, 0.2) is 0 Å². The van der Waals surface area contributed by atoms with Crippen LogP contribution in [0.3, 0.4) is 0 Å². The highest BCUT2D eigenvalue weighted by molar-refractivity contribution is 5.93. The van der Waals surface area contributed by atoms with Gasteiger partial charge >= 0.3 is 0 Å². The van der Waals surface area contributed by atoms with Crippen LogP contribution in [0, 0.1) is 6.92 Å². The van der Waals surface area contributed by atoms with Gasteiger partial charge in [-0.3, -0.25) is 4.79 Å². The minimum atomic E-state index is 0.0395. The molecular formula is C17H29N5O. The number of amides is 1. The zero-order chi connectivity index (χ0) is 16.8. The molecule has 0 radical (unpaired) electrons. The van der Waals surface area contributed by atoms with Crippen LogP contribution in [-0.2, 0) is 0 Å². The Kier molecular flexibility index (Phi) is 6.33. The fourth-order valence-corrected chi connectivity index (χ4v) is 3.01. The predicted molar refractivity (Wildman–Crippen MR) is 92.8 cm³/mol. The molecule has 1 aliphatic rings. The van der Waals surface area contributed by atoms with Crippen molar-refractivity contribution in [1.29, 1.82) is 0 Å². The molecule has 6 heteroatoms. The molecule has 1 aromatic rings. The lowest BCUT2D eigenvalue weighted by Gasteiger charge is -2.35. The molecule has 0 saturated carbocycles. The first-order valence-corrected chi connectivity index (χ1v) is 8.56. The largest absolute Gasteiger partial charge is 0.369 e. The van der Waals surface area contributed by atoms with E-state index in [0.717, 1.165) is 44.7 Å². The van der Waals surface area contributed by atoms with Gasteiger partial charge < -0.3 is 15.1 Å². The molecule has 6 nitrogen and oxygen atoms in total. The maximum Gasteiger partial charge on any atom is 0.272 e. The number of rotatable bonds is 6. The van der Waals surface area contributed by atoms with E-state index in [9.17, 15) is 4.79 Å². The molecule has 23 heavy (non-hydrogen) atoms. The zero-order valence-electron chi connectivity index (χ0n) is 14.8. The van der Waals surface area contributed by atoms with Gasteiger partial charge in [-0.15, -0.1) is 0 Å². The SMILES string of the molecule is CCC1CCCCN1C(=O)c1cc(NCCN(C)C)nc(C)n1. The molecule has 1 unspecified atom stereocenters. The number of anilines is 1. The van der Waals surface area contributed by atoms with Gasteiger partial charge in [-0.25, -0.2) is 9.97 Å². The Morgan fingerprint density at radius 3 is 2.87 bits per heavy atom. The lowest BCUT2D eigenvalue weighted by molar-refractivity contribution is 0.0601. The average Bonchev–Trinajstić information content (AvgIpc) is 2.53. The molecule has 1 aliphatic heterocycles. The first-order chi connectivity index (χ1) is 11.0.